The predicted molar refractivity (Wildman–Crippen MR) is 68.4 cm³/mol. The Hall–Kier alpha value is -0.940. The molecule has 0 atom stereocenters. The zero-order valence-electron chi connectivity index (χ0n) is 11.2. The Morgan fingerprint density at radius 3 is 2.94 bits per heavy atom. The number of ether oxygens (including phenoxy) is 1. The highest BCUT2D eigenvalue weighted by atomic mass is 16.5. The molecule has 1 N–H and O–H groups in total. The van der Waals surface area contributed by atoms with Crippen LogP contribution < -0.4 is 5.32 Å². The van der Waals surface area contributed by atoms with Gasteiger partial charge in [0.15, 0.2) is 5.82 Å². The number of hydrogen-bond acceptors (Lipinski definition) is 5. The first-order valence-corrected chi connectivity index (χ1v) is 6.89. The lowest BCUT2D eigenvalue weighted by Crippen LogP contribution is -2.27. The monoisotopic (exact) mass is 253 g/mol. The highest BCUT2D eigenvalue weighted by Crippen LogP contribution is 2.18. The molecule has 1 aromatic heterocycles. The summed E-state index contributed by atoms with van der Waals surface area (Å²) in [6, 6.07) is 0. The van der Waals surface area contributed by atoms with Crippen molar-refractivity contribution in [3.63, 3.8) is 0 Å². The first-order chi connectivity index (χ1) is 8.88. The second kappa shape index (κ2) is 7.48. The Kier molecular flexibility index (Phi) is 5.61. The molecule has 0 saturated carbocycles. The third-order valence-electron chi connectivity index (χ3n) is 3.48. The predicted octanol–water partition coefficient (Wildman–Crippen LogP) is 1.58. The van der Waals surface area contributed by atoms with Crippen LogP contribution in [0.25, 0.3) is 0 Å². The summed E-state index contributed by atoms with van der Waals surface area (Å²) in [6.45, 7) is 3.05. The van der Waals surface area contributed by atoms with Crippen molar-refractivity contribution in [3.8, 4) is 0 Å². The Bertz CT molecular complexity index is 335. The maximum atomic E-state index is 5.27. The van der Waals surface area contributed by atoms with Crippen LogP contribution in [0.3, 0.4) is 0 Å². The Balaban J connectivity index is 1.69. The summed E-state index contributed by atoms with van der Waals surface area (Å²) in [7, 11) is 1.71. The van der Waals surface area contributed by atoms with Crippen LogP contribution in [0.4, 0.5) is 0 Å². The zero-order chi connectivity index (χ0) is 12.6. The second-order valence-corrected chi connectivity index (χ2v) is 4.93. The Labute approximate surface area is 108 Å². The molecule has 5 nitrogen and oxygen atoms in total. The van der Waals surface area contributed by atoms with E-state index < -0.39 is 0 Å². The number of nitrogens with one attached hydrogen (secondary N) is 1. The highest BCUT2D eigenvalue weighted by molar-refractivity contribution is 4.87. The molecule has 1 saturated heterocycles. The number of methoxy groups -OCH3 is 1. The summed E-state index contributed by atoms with van der Waals surface area (Å²) in [5.74, 6) is 2.42. The summed E-state index contributed by atoms with van der Waals surface area (Å²) in [6.07, 6.45) is 6.42. The van der Waals surface area contributed by atoms with Gasteiger partial charge in [0, 0.05) is 26.6 Å². The van der Waals surface area contributed by atoms with Crippen LogP contribution in [0.2, 0.25) is 0 Å². The van der Waals surface area contributed by atoms with Gasteiger partial charge in [0.25, 0.3) is 0 Å². The SMILES string of the molecule is COCCCc1noc(CCC2CCNCC2)n1. The second-order valence-electron chi connectivity index (χ2n) is 4.93. The van der Waals surface area contributed by atoms with Gasteiger partial charge in [-0.2, -0.15) is 4.98 Å². The molecule has 1 fully saturated rings. The molecule has 0 spiro atoms. The van der Waals surface area contributed by atoms with Crippen LogP contribution in [0.5, 0.6) is 0 Å². The van der Waals surface area contributed by atoms with E-state index in [1.165, 1.54) is 19.3 Å². The zero-order valence-corrected chi connectivity index (χ0v) is 11.2. The van der Waals surface area contributed by atoms with Gasteiger partial charge in [-0.05, 0) is 44.7 Å². The van der Waals surface area contributed by atoms with E-state index in [1.807, 2.05) is 0 Å². The number of rotatable bonds is 7. The van der Waals surface area contributed by atoms with Crippen LogP contribution in [-0.2, 0) is 17.6 Å². The summed E-state index contributed by atoms with van der Waals surface area (Å²) in [4.78, 5) is 4.42. The van der Waals surface area contributed by atoms with E-state index in [2.05, 4.69) is 15.5 Å². The van der Waals surface area contributed by atoms with E-state index in [0.29, 0.717) is 0 Å². The molecule has 102 valence electrons. The topological polar surface area (TPSA) is 60.2 Å². The quantitative estimate of drug-likeness (QED) is 0.748. The van der Waals surface area contributed by atoms with Gasteiger partial charge < -0.3 is 14.6 Å². The molecule has 0 aliphatic carbocycles. The summed E-state index contributed by atoms with van der Waals surface area (Å²) in [5, 5.41) is 7.38. The fourth-order valence-electron chi connectivity index (χ4n) is 2.37. The van der Waals surface area contributed by atoms with Gasteiger partial charge in [0.05, 0.1) is 0 Å². The fraction of sp³-hybridized carbons (Fsp3) is 0.846. The average molecular weight is 253 g/mol. The molecule has 5 heteroatoms. The van der Waals surface area contributed by atoms with Crippen molar-refractivity contribution in [2.24, 2.45) is 5.92 Å². The van der Waals surface area contributed by atoms with Crippen molar-refractivity contribution in [2.75, 3.05) is 26.8 Å². The highest BCUT2D eigenvalue weighted by Gasteiger charge is 2.14. The van der Waals surface area contributed by atoms with Crippen molar-refractivity contribution >= 4 is 0 Å². The Morgan fingerprint density at radius 2 is 2.17 bits per heavy atom. The lowest BCUT2D eigenvalue weighted by atomic mass is 9.93. The minimum Gasteiger partial charge on any atom is -0.385 e. The minimum atomic E-state index is 0.749. The first-order valence-electron chi connectivity index (χ1n) is 6.89. The molecule has 0 bridgehead atoms. The maximum absolute atomic E-state index is 5.27. The van der Waals surface area contributed by atoms with Gasteiger partial charge in [-0.25, -0.2) is 0 Å². The lowest BCUT2D eigenvalue weighted by molar-refractivity contribution is 0.194. The van der Waals surface area contributed by atoms with Gasteiger partial charge in [-0.1, -0.05) is 5.16 Å². The molecule has 0 radical (unpaired) electrons. The lowest BCUT2D eigenvalue weighted by Gasteiger charge is -2.21. The van der Waals surface area contributed by atoms with E-state index >= 15 is 0 Å². The van der Waals surface area contributed by atoms with Gasteiger partial charge in [0.2, 0.25) is 5.89 Å². The van der Waals surface area contributed by atoms with Crippen LogP contribution >= 0.6 is 0 Å². The van der Waals surface area contributed by atoms with Crippen molar-refractivity contribution in [2.45, 2.75) is 38.5 Å². The molecular formula is C13H23N3O2. The molecule has 0 aromatic carbocycles. The summed E-state index contributed by atoms with van der Waals surface area (Å²) < 4.78 is 10.3. The largest absolute Gasteiger partial charge is 0.385 e. The Morgan fingerprint density at radius 1 is 1.33 bits per heavy atom. The molecule has 0 unspecified atom stereocenters. The molecule has 2 heterocycles. The normalized spacial score (nSPS) is 17.2. The number of nitrogens with zero attached hydrogens (tertiary/aromatic N) is 2. The van der Waals surface area contributed by atoms with Crippen molar-refractivity contribution < 1.29 is 9.26 Å². The smallest absolute Gasteiger partial charge is 0.226 e. The van der Waals surface area contributed by atoms with Gasteiger partial charge in [-0.3, -0.25) is 0 Å². The van der Waals surface area contributed by atoms with E-state index in [1.54, 1.807) is 7.11 Å². The molecule has 2 rings (SSSR count). The number of hydrogen-bond donors (Lipinski definition) is 1. The van der Waals surface area contributed by atoms with Crippen molar-refractivity contribution in [1.82, 2.24) is 15.5 Å². The summed E-state index contributed by atoms with van der Waals surface area (Å²) >= 11 is 0. The van der Waals surface area contributed by atoms with Crippen molar-refractivity contribution in [1.29, 1.82) is 0 Å². The van der Waals surface area contributed by atoms with E-state index in [4.69, 9.17) is 9.26 Å². The number of aromatic nitrogens is 2. The van der Waals surface area contributed by atoms with Gasteiger partial charge in [-0.15, -0.1) is 0 Å². The van der Waals surface area contributed by atoms with E-state index in [0.717, 1.165) is 56.6 Å². The minimum absolute atomic E-state index is 0.749. The molecule has 0 amide bonds. The van der Waals surface area contributed by atoms with Crippen LogP contribution in [0, 0.1) is 5.92 Å². The third kappa shape index (κ3) is 4.38. The average Bonchev–Trinajstić information content (AvgIpc) is 2.86. The molecule has 1 aromatic rings. The van der Waals surface area contributed by atoms with Gasteiger partial charge in [0.1, 0.15) is 0 Å². The van der Waals surface area contributed by atoms with Gasteiger partial charge >= 0.3 is 0 Å². The fourth-order valence-corrected chi connectivity index (χ4v) is 2.37. The first kappa shape index (κ1) is 13.5. The standard InChI is InChI=1S/C13H23N3O2/c1-17-10-2-3-12-15-13(18-16-12)5-4-11-6-8-14-9-7-11/h11,14H,2-10H2,1H3. The van der Waals surface area contributed by atoms with E-state index in [9.17, 15) is 0 Å². The van der Waals surface area contributed by atoms with Crippen molar-refractivity contribution in [3.05, 3.63) is 11.7 Å². The molecule has 18 heavy (non-hydrogen) atoms. The third-order valence-corrected chi connectivity index (χ3v) is 3.48. The molecule has 1 aliphatic rings. The molecule has 1 aliphatic heterocycles. The van der Waals surface area contributed by atoms with Crippen LogP contribution in [-0.4, -0.2) is 36.9 Å². The summed E-state index contributed by atoms with van der Waals surface area (Å²) in [5.41, 5.74) is 0. The van der Waals surface area contributed by atoms with E-state index in [-0.39, 0.29) is 0 Å². The maximum Gasteiger partial charge on any atom is 0.226 e. The molecular weight excluding hydrogens is 230 g/mol. The number of piperidine rings is 1. The van der Waals surface area contributed by atoms with Crippen LogP contribution in [0.1, 0.15) is 37.4 Å². The van der Waals surface area contributed by atoms with Crippen LogP contribution in [0.15, 0.2) is 4.52 Å². The number of aryl methyl sites for hydroxylation is 2.